The lowest BCUT2D eigenvalue weighted by Gasteiger charge is -2.32. The summed E-state index contributed by atoms with van der Waals surface area (Å²) in [4.78, 5) is 0. The number of hydrogen-bond acceptors (Lipinski definition) is 0. The summed E-state index contributed by atoms with van der Waals surface area (Å²) in [5.41, 5.74) is 0. The highest BCUT2D eigenvalue weighted by Gasteiger charge is 2.81. The molecular weight excluding hydrogens is 315 g/mol. The molecule has 126 valence electrons. The van der Waals surface area contributed by atoms with Crippen LogP contribution in [0.15, 0.2) is 12.2 Å². The topological polar surface area (TPSA) is 0 Å². The largest absolute Gasteiger partial charge is 0.460 e. The highest BCUT2D eigenvalue weighted by molar-refractivity contribution is 5.10. The van der Waals surface area contributed by atoms with Crippen molar-refractivity contribution in [3.63, 3.8) is 0 Å². The van der Waals surface area contributed by atoms with E-state index in [9.17, 15) is 39.5 Å². The van der Waals surface area contributed by atoms with Gasteiger partial charge in [-0.15, -0.1) is 0 Å². The van der Waals surface area contributed by atoms with Crippen LogP contribution in [0.5, 0.6) is 0 Å². The van der Waals surface area contributed by atoms with Gasteiger partial charge in [-0.3, -0.25) is 0 Å². The fourth-order valence-corrected chi connectivity index (χ4v) is 1.41. The van der Waals surface area contributed by atoms with Gasteiger partial charge in [-0.05, 0) is 18.9 Å². The van der Waals surface area contributed by atoms with Crippen LogP contribution in [0.25, 0.3) is 0 Å². The molecular formula is C12H15F9. The minimum Gasteiger partial charge on any atom is -0.195 e. The van der Waals surface area contributed by atoms with E-state index >= 15 is 0 Å². The van der Waals surface area contributed by atoms with Gasteiger partial charge in [0.25, 0.3) is 0 Å². The normalized spacial score (nSPS) is 15.0. The lowest BCUT2D eigenvalue weighted by molar-refractivity contribution is -0.388. The first kappa shape index (κ1) is 20.1. The fraction of sp³-hybridized carbons (Fsp3) is 0.833. The Morgan fingerprint density at radius 1 is 0.714 bits per heavy atom. The van der Waals surface area contributed by atoms with Crippen molar-refractivity contribution in [3.05, 3.63) is 12.2 Å². The molecule has 0 heterocycles. The Morgan fingerprint density at radius 3 is 1.67 bits per heavy atom. The monoisotopic (exact) mass is 330 g/mol. The summed E-state index contributed by atoms with van der Waals surface area (Å²) < 4.78 is 112. The predicted octanol–water partition coefficient (Wildman–Crippen LogP) is 5.98. The summed E-state index contributed by atoms with van der Waals surface area (Å²) in [6, 6.07) is 0. The van der Waals surface area contributed by atoms with Crippen LogP contribution in [-0.4, -0.2) is 23.9 Å². The Bertz CT molecular complexity index is 341. The quantitative estimate of drug-likeness (QED) is 0.292. The summed E-state index contributed by atoms with van der Waals surface area (Å²) in [6.45, 7) is 1.86. The molecule has 0 N–H and O–H groups in total. The summed E-state index contributed by atoms with van der Waals surface area (Å²) >= 11 is 0. The van der Waals surface area contributed by atoms with Gasteiger partial charge in [-0.2, -0.15) is 39.5 Å². The Labute approximate surface area is 116 Å². The van der Waals surface area contributed by atoms with Gasteiger partial charge in [0.2, 0.25) is 0 Å². The van der Waals surface area contributed by atoms with Gasteiger partial charge < -0.3 is 0 Å². The Kier molecular flexibility index (Phi) is 6.62. The first-order valence-electron chi connectivity index (χ1n) is 6.19. The number of halogens is 9. The van der Waals surface area contributed by atoms with Gasteiger partial charge >= 0.3 is 23.9 Å². The van der Waals surface area contributed by atoms with Crippen molar-refractivity contribution in [3.8, 4) is 0 Å². The molecule has 0 aliphatic heterocycles. The van der Waals surface area contributed by atoms with Crippen LogP contribution in [0.2, 0.25) is 0 Å². The van der Waals surface area contributed by atoms with Crippen molar-refractivity contribution >= 4 is 0 Å². The Balaban J connectivity index is 4.92. The molecule has 0 saturated heterocycles. The van der Waals surface area contributed by atoms with E-state index in [-0.39, 0.29) is 6.42 Å². The molecule has 0 rings (SSSR count). The first-order chi connectivity index (χ1) is 9.31. The molecule has 21 heavy (non-hydrogen) atoms. The average Bonchev–Trinajstić information content (AvgIpc) is 2.31. The van der Waals surface area contributed by atoms with E-state index in [1.54, 1.807) is 0 Å². The molecule has 0 unspecified atom stereocenters. The summed E-state index contributed by atoms with van der Waals surface area (Å²) in [6.07, 6.45) is -4.40. The molecule has 0 fully saturated rings. The van der Waals surface area contributed by atoms with Crippen molar-refractivity contribution < 1.29 is 39.5 Å². The van der Waals surface area contributed by atoms with Crippen molar-refractivity contribution in [2.24, 2.45) is 0 Å². The van der Waals surface area contributed by atoms with Gasteiger partial charge in [0.15, 0.2) is 0 Å². The second-order valence-electron chi connectivity index (χ2n) is 4.52. The van der Waals surface area contributed by atoms with Crippen LogP contribution in [0.4, 0.5) is 39.5 Å². The number of hydrogen-bond donors (Lipinski definition) is 0. The van der Waals surface area contributed by atoms with Crippen molar-refractivity contribution in [1.29, 1.82) is 0 Å². The van der Waals surface area contributed by atoms with Crippen LogP contribution in [0.1, 0.15) is 39.0 Å². The molecule has 9 heteroatoms. The second kappa shape index (κ2) is 6.91. The minimum absolute atomic E-state index is 0.108. The highest BCUT2D eigenvalue weighted by atomic mass is 19.4. The van der Waals surface area contributed by atoms with Crippen LogP contribution in [-0.2, 0) is 0 Å². The van der Waals surface area contributed by atoms with Crippen molar-refractivity contribution in [2.75, 3.05) is 0 Å². The summed E-state index contributed by atoms with van der Waals surface area (Å²) in [5, 5.41) is 0. The van der Waals surface area contributed by atoms with E-state index in [2.05, 4.69) is 0 Å². The number of rotatable bonds is 8. The first-order valence-corrected chi connectivity index (χ1v) is 6.19. The van der Waals surface area contributed by atoms with Crippen molar-refractivity contribution in [1.82, 2.24) is 0 Å². The third-order valence-corrected chi connectivity index (χ3v) is 2.72. The maximum atomic E-state index is 13.0. The van der Waals surface area contributed by atoms with E-state index in [0.717, 1.165) is 12.8 Å². The van der Waals surface area contributed by atoms with E-state index in [4.69, 9.17) is 0 Å². The van der Waals surface area contributed by atoms with Gasteiger partial charge in [-0.25, -0.2) is 0 Å². The summed E-state index contributed by atoms with van der Waals surface area (Å²) in [5.74, 6) is -19.0. The van der Waals surface area contributed by atoms with E-state index in [0.29, 0.717) is 18.9 Å². The molecule has 0 spiro atoms. The predicted molar refractivity (Wildman–Crippen MR) is 58.8 cm³/mol. The highest BCUT2D eigenvalue weighted by Crippen LogP contribution is 2.53. The fourth-order valence-electron chi connectivity index (χ4n) is 1.41. The van der Waals surface area contributed by atoms with Crippen LogP contribution < -0.4 is 0 Å². The van der Waals surface area contributed by atoms with E-state index in [1.165, 1.54) is 0 Å². The second-order valence-corrected chi connectivity index (χ2v) is 4.52. The number of alkyl halides is 9. The maximum Gasteiger partial charge on any atom is 0.460 e. The average molecular weight is 330 g/mol. The molecule has 0 saturated carbocycles. The molecule has 0 aromatic rings. The number of unbranched alkanes of at least 4 members (excludes halogenated alkanes) is 4. The SMILES string of the molecule is CCCCCC/C=C/C(F)(F)C(F)(F)C(F)(F)C(F)(F)F. The third kappa shape index (κ3) is 4.54. The molecule has 0 aliphatic rings. The van der Waals surface area contributed by atoms with Gasteiger partial charge in [0.1, 0.15) is 0 Å². The molecule has 0 aromatic carbocycles. The molecule has 0 nitrogen and oxygen atoms in total. The smallest absolute Gasteiger partial charge is 0.195 e. The van der Waals surface area contributed by atoms with Crippen LogP contribution in [0.3, 0.4) is 0 Å². The van der Waals surface area contributed by atoms with Gasteiger partial charge in [0.05, 0.1) is 0 Å². The third-order valence-electron chi connectivity index (χ3n) is 2.72. The van der Waals surface area contributed by atoms with E-state index < -0.39 is 30.0 Å². The Morgan fingerprint density at radius 2 is 1.24 bits per heavy atom. The number of allylic oxidation sites excluding steroid dienone is 2. The van der Waals surface area contributed by atoms with E-state index in [1.807, 2.05) is 6.92 Å². The lowest BCUT2D eigenvalue weighted by Crippen LogP contribution is -2.60. The maximum absolute atomic E-state index is 13.0. The lowest BCUT2D eigenvalue weighted by atomic mass is 10.0. The molecule has 0 aromatic heterocycles. The molecule has 0 radical (unpaired) electrons. The summed E-state index contributed by atoms with van der Waals surface area (Å²) in [7, 11) is 0. The zero-order valence-corrected chi connectivity index (χ0v) is 11.1. The van der Waals surface area contributed by atoms with Crippen LogP contribution in [0, 0.1) is 0 Å². The van der Waals surface area contributed by atoms with Crippen LogP contribution >= 0.6 is 0 Å². The molecule has 0 atom stereocenters. The Hall–Kier alpha value is -0.890. The molecule has 0 amide bonds. The van der Waals surface area contributed by atoms with Crippen molar-refractivity contribution in [2.45, 2.75) is 63.0 Å². The molecule has 0 bridgehead atoms. The van der Waals surface area contributed by atoms with Gasteiger partial charge in [-0.1, -0.05) is 32.3 Å². The minimum atomic E-state index is -6.82. The zero-order valence-electron chi connectivity index (χ0n) is 11.1. The zero-order chi connectivity index (χ0) is 16.9. The van der Waals surface area contributed by atoms with Gasteiger partial charge in [0, 0.05) is 0 Å². The molecule has 0 aliphatic carbocycles. The standard InChI is InChI=1S/C12H15F9/c1-2-3-4-5-6-7-8-9(13,14)10(15,16)11(17,18)12(19,20)21/h7-8H,2-6H2,1H3/b8-7+.